The van der Waals surface area contributed by atoms with Gasteiger partial charge >= 0.3 is 0 Å². The van der Waals surface area contributed by atoms with Crippen molar-refractivity contribution < 1.29 is 4.79 Å². The Kier molecular flexibility index (Phi) is 5.03. The monoisotopic (exact) mass is 333 g/mol. The van der Waals surface area contributed by atoms with Crippen LogP contribution in [0.5, 0.6) is 0 Å². The van der Waals surface area contributed by atoms with Crippen LogP contribution in [0.15, 0.2) is 23.6 Å². The number of rotatable bonds is 5. The SMILES string of the molecule is CC(c1cccs1)N(C)CC(=O)c1cc(Cl)sc1Cl. The Balaban J connectivity index is 2.05. The molecule has 19 heavy (non-hydrogen) atoms. The van der Waals surface area contributed by atoms with E-state index >= 15 is 0 Å². The van der Waals surface area contributed by atoms with E-state index in [0.717, 1.165) is 0 Å². The van der Waals surface area contributed by atoms with Gasteiger partial charge in [0.25, 0.3) is 0 Å². The van der Waals surface area contributed by atoms with Crippen LogP contribution in [0, 0.1) is 0 Å². The summed E-state index contributed by atoms with van der Waals surface area (Å²) >= 11 is 14.8. The first-order chi connectivity index (χ1) is 8.99. The molecule has 0 radical (unpaired) electrons. The van der Waals surface area contributed by atoms with Gasteiger partial charge in [0.15, 0.2) is 5.78 Å². The average Bonchev–Trinajstić information content (AvgIpc) is 2.97. The van der Waals surface area contributed by atoms with Crippen LogP contribution in [0.4, 0.5) is 0 Å². The lowest BCUT2D eigenvalue weighted by Gasteiger charge is -2.22. The van der Waals surface area contributed by atoms with E-state index in [9.17, 15) is 4.79 Å². The number of carbonyl (C=O) groups is 1. The third kappa shape index (κ3) is 3.58. The predicted molar refractivity (Wildman–Crippen MR) is 84.0 cm³/mol. The highest BCUT2D eigenvalue weighted by molar-refractivity contribution is 7.20. The Hall–Kier alpha value is -0.390. The quantitative estimate of drug-likeness (QED) is 0.718. The van der Waals surface area contributed by atoms with Crippen molar-refractivity contribution in [2.75, 3.05) is 13.6 Å². The van der Waals surface area contributed by atoms with Crippen LogP contribution >= 0.6 is 45.9 Å². The van der Waals surface area contributed by atoms with Gasteiger partial charge in [0, 0.05) is 10.9 Å². The number of thiophene rings is 2. The van der Waals surface area contributed by atoms with Gasteiger partial charge in [-0.05, 0) is 31.5 Å². The fourth-order valence-electron chi connectivity index (χ4n) is 1.73. The summed E-state index contributed by atoms with van der Waals surface area (Å²) in [7, 11) is 1.93. The maximum atomic E-state index is 12.2. The zero-order chi connectivity index (χ0) is 14.0. The van der Waals surface area contributed by atoms with E-state index in [1.807, 2.05) is 23.4 Å². The highest BCUT2D eigenvalue weighted by Gasteiger charge is 2.19. The van der Waals surface area contributed by atoms with Crippen LogP contribution in [0.3, 0.4) is 0 Å². The maximum Gasteiger partial charge on any atom is 0.179 e. The minimum Gasteiger partial charge on any atom is -0.293 e. The predicted octanol–water partition coefficient (Wildman–Crippen LogP) is 4.99. The van der Waals surface area contributed by atoms with Gasteiger partial charge in [0.1, 0.15) is 4.34 Å². The molecule has 1 unspecified atom stereocenters. The molecule has 102 valence electrons. The molecule has 0 saturated heterocycles. The number of hydrogen-bond acceptors (Lipinski definition) is 4. The summed E-state index contributed by atoms with van der Waals surface area (Å²) in [4.78, 5) is 15.4. The van der Waals surface area contributed by atoms with Crippen molar-refractivity contribution in [2.45, 2.75) is 13.0 Å². The molecule has 0 aromatic carbocycles. The third-order valence-electron chi connectivity index (χ3n) is 2.97. The Morgan fingerprint density at radius 1 is 1.47 bits per heavy atom. The van der Waals surface area contributed by atoms with Gasteiger partial charge < -0.3 is 0 Å². The number of hydrogen-bond donors (Lipinski definition) is 0. The second kappa shape index (κ2) is 6.37. The van der Waals surface area contributed by atoms with E-state index in [-0.39, 0.29) is 11.8 Å². The van der Waals surface area contributed by atoms with Crippen molar-refractivity contribution in [3.63, 3.8) is 0 Å². The standard InChI is InChI=1S/C13H13Cl2NOS2/c1-8(11-4-3-5-18-11)16(2)7-10(17)9-6-12(14)19-13(9)15/h3-6,8H,7H2,1-2H3. The summed E-state index contributed by atoms with van der Waals surface area (Å²) in [6.07, 6.45) is 0. The van der Waals surface area contributed by atoms with Crippen molar-refractivity contribution in [1.29, 1.82) is 0 Å². The number of nitrogens with zero attached hydrogens (tertiary/aromatic N) is 1. The highest BCUT2D eigenvalue weighted by atomic mass is 35.5. The number of ketones is 1. The zero-order valence-electron chi connectivity index (χ0n) is 10.5. The molecule has 0 aliphatic carbocycles. The van der Waals surface area contributed by atoms with Crippen LogP contribution in [-0.2, 0) is 0 Å². The van der Waals surface area contributed by atoms with E-state index < -0.39 is 0 Å². The molecule has 2 nitrogen and oxygen atoms in total. The van der Waals surface area contributed by atoms with Crippen LogP contribution in [0.1, 0.15) is 28.2 Å². The fourth-order valence-corrected chi connectivity index (χ4v) is 4.07. The molecule has 0 bridgehead atoms. The van der Waals surface area contributed by atoms with Gasteiger partial charge in [-0.25, -0.2) is 0 Å². The molecule has 2 heterocycles. The molecule has 0 N–H and O–H groups in total. The average molecular weight is 334 g/mol. The number of carbonyl (C=O) groups excluding carboxylic acids is 1. The summed E-state index contributed by atoms with van der Waals surface area (Å²) < 4.78 is 1.01. The van der Waals surface area contributed by atoms with Crippen LogP contribution in [0.2, 0.25) is 8.67 Å². The zero-order valence-corrected chi connectivity index (χ0v) is 13.7. The van der Waals surface area contributed by atoms with E-state index in [0.29, 0.717) is 20.8 Å². The van der Waals surface area contributed by atoms with Crippen molar-refractivity contribution in [3.8, 4) is 0 Å². The molecule has 2 aromatic heterocycles. The summed E-state index contributed by atoms with van der Waals surface area (Å²) in [6.45, 7) is 2.41. The lowest BCUT2D eigenvalue weighted by Crippen LogP contribution is -2.28. The molecule has 6 heteroatoms. The van der Waals surface area contributed by atoms with Gasteiger partial charge in [-0.1, -0.05) is 29.3 Å². The van der Waals surface area contributed by atoms with Crippen molar-refractivity contribution in [1.82, 2.24) is 4.90 Å². The van der Waals surface area contributed by atoms with Gasteiger partial charge in [-0.2, -0.15) is 0 Å². The van der Waals surface area contributed by atoms with Gasteiger partial charge in [0.2, 0.25) is 0 Å². The summed E-state index contributed by atoms with van der Waals surface area (Å²) in [5.74, 6) is -0.000874. The molecular formula is C13H13Cl2NOS2. The minimum absolute atomic E-state index is 0.000874. The second-order valence-electron chi connectivity index (χ2n) is 4.27. The Morgan fingerprint density at radius 3 is 2.74 bits per heavy atom. The highest BCUT2D eigenvalue weighted by Crippen LogP contribution is 2.32. The Bertz CT molecular complexity index is 565. The molecule has 0 saturated carbocycles. The van der Waals surface area contributed by atoms with E-state index in [4.69, 9.17) is 23.2 Å². The van der Waals surface area contributed by atoms with Crippen LogP contribution < -0.4 is 0 Å². The van der Waals surface area contributed by atoms with E-state index in [1.165, 1.54) is 16.2 Å². The Labute approximate surface area is 130 Å². The first-order valence-corrected chi connectivity index (χ1v) is 8.16. The van der Waals surface area contributed by atoms with E-state index in [1.54, 1.807) is 17.4 Å². The van der Waals surface area contributed by atoms with Crippen molar-refractivity contribution in [3.05, 3.63) is 42.7 Å². The first-order valence-electron chi connectivity index (χ1n) is 5.70. The third-order valence-corrected chi connectivity index (χ3v) is 5.50. The lowest BCUT2D eigenvalue weighted by molar-refractivity contribution is 0.0926. The van der Waals surface area contributed by atoms with Crippen LogP contribution in [-0.4, -0.2) is 24.3 Å². The molecule has 0 amide bonds. The van der Waals surface area contributed by atoms with Crippen LogP contribution in [0.25, 0.3) is 0 Å². The van der Waals surface area contributed by atoms with Crippen molar-refractivity contribution >= 4 is 51.7 Å². The molecule has 2 aromatic rings. The summed E-state index contributed by atoms with van der Waals surface area (Å²) in [6, 6.07) is 5.93. The number of Topliss-reactive ketones (excluding diaryl/α,β-unsaturated/α-hetero) is 1. The van der Waals surface area contributed by atoms with Gasteiger partial charge in [0.05, 0.1) is 16.4 Å². The normalized spacial score (nSPS) is 12.9. The number of halogens is 2. The second-order valence-corrected chi connectivity index (χ2v) is 7.53. The molecule has 0 aliphatic rings. The van der Waals surface area contributed by atoms with Gasteiger partial charge in [-0.15, -0.1) is 22.7 Å². The molecule has 1 atom stereocenters. The largest absolute Gasteiger partial charge is 0.293 e. The maximum absolute atomic E-state index is 12.2. The molecule has 0 fully saturated rings. The first kappa shape index (κ1) is 15.0. The van der Waals surface area contributed by atoms with Crippen molar-refractivity contribution in [2.24, 2.45) is 0 Å². The molecular weight excluding hydrogens is 321 g/mol. The fraction of sp³-hybridized carbons (Fsp3) is 0.308. The number of likely N-dealkylation sites (N-methyl/N-ethyl adjacent to an activating group) is 1. The summed E-state index contributed by atoms with van der Waals surface area (Å²) in [5, 5.41) is 2.04. The summed E-state index contributed by atoms with van der Waals surface area (Å²) in [5.41, 5.74) is 0.516. The lowest BCUT2D eigenvalue weighted by atomic mass is 10.2. The topological polar surface area (TPSA) is 20.3 Å². The molecule has 2 rings (SSSR count). The minimum atomic E-state index is -0.000874. The molecule has 0 aliphatic heterocycles. The Morgan fingerprint density at radius 2 is 2.21 bits per heavy atom. The molecule has 0 spiro atoms. The van der Waals surface area contributed by atoms with Gasteiger partial charge in [-0.3, -0.25) is 9.69 Å². The smallest absolute Gasteiger partial charge is 0.179 e. The van der Waals surface area contributed by atoms with E-state index in [2.05, 4.69) is 13.0 Å².